The van der Waals surface area contributed by atoms with E-state index in [1.165, 1.54) is 0 Å². The van der Waals surface area contributed by atoms with Crippen molar-refractivity contribution in [2.24, 2.45) is 5.41 Å². The molecule has 0 aliphatic heterocycles. The lowest BCUT2D eigenvalue weighted by molar-refractivity contribution is -0.134. The highest BCUT2D eigenvalue weighted by molar-refractivity contribution is 9.10. The average molecular weight is 325 g/mol. The van der Waals surface area contributed by atoms with Gasteiger partial charge in [-0.25, -0.2) is 0 Å². The van der Waals surface area contributed by atoms with Crippen molar-refractivity contribution < 1.29 is 9.59 Å². The Bertz CT molecular complexity index is 510. The summed E-state index contributed by atoms with van der Waals surface area (Å²) >= 11 is 3.37. The Labute approximate surface area is 121 Å². The van der Waals surface area contributed by atoms with Crippen LogP contribution < -0.4 is 10.6 Å². The number of carbonyl (C=O) groups is 2. The van der Waals surface area contributed by atoms with Gasteiger partial charge >= 0.3 is 0 Å². The maximum absolute atomic E-state index is 12.3. The van der Waals surface area contributed by atoms with E-state index in [4.69, 9.17) is 0 Å². The molecule has 0 aromatic heterocycles. The molecule has 1 aromatic carbocycles. The quantitative estimate of drug-likeness (QED) is 0.836. The van der Waals surface area contributed by atoms with Crippen molar-refractivity contribution in [2.45, 2.75) is 32.7 Å². The fourth-order valence-corrected chi connectivity index (χ4v) is 2.27. The summed E-state index contributed by atoms with van der Waals surface area (Å²) in [5, 5.41) is 5.64. The summed E-state index contributed by atoms with van der Waals surface area (Å²) in [7, 11) is 0. The van der Waals surface area contributed by atoms with Crippen LogP contribution in [0.15, 0.2) is 28.7 Å². The summed E-state index contributed by atoms with van der Waals surface area (Å²) in [5.74, 6) is -0.399. The monoisotopic (exact) mass is 324 g/mol. The molecule has 0 unspecified atom stereocenters. The second-order valence-electron chi connectivity index (χ2n) is 5.14. The molecule has 0 heterocycles. The van der Waals surface area contributed by atoms with Crippen LogP contribution in [-0.2, 0) is 9.59 Å². The number of carbonyl (C=O) groups excluding carboxylic acids is 2. The molecule has 4 nitrogen and oxygen atoms in total. The molecule has 2 amide bonds. The maximum Gasteiger partial charge on any atom is 0.240 e. The molecule has 0 spiro atoms. The minimum absolute atomic E-state index is 0.0428. The minimum atomic E-state index is -0.875. The van der Waals surface area contributed by atoms with Crippen molar-refractivity contribution in [2.75, 3.05) is 5.32 Å². The van der Waals surface area contributed by atoms with Crippen LogP contribution in [-0.4, -0.2) is 17.9 Å². The van der Waals surface area contributed by atoms with Crippen molar-refractivity contribution in [3.05, 3.63) is 28.7 Å². The van der Waals surface area contributed by atoms with Crippen LogP contribution >= 0.6 is 15.9 Å². The third-order valence-corrected chi connectivity index (χ3v) is 3.85. The lowest BCUT2D eigenvalue weighted by atomic mass is 10.0. The zero-order valence-corrected chi connectivity index (χ0v) is 12.6. The summed E-state index contributed by atoms with van der Waals surface area (Å²) in [5.41, 5.74) is -0.185. The molecule has 1 aliphatic carbocycles. The molecule has 1 aromatic rings. The summed E-state index contributed by atoms with van der Waals surface area (Å²) in [4.78, 5) is 24.3. The van der Waals surface area contributed by atoms with E-state index in [0.717, 1.165) is 4.47 Å². The van der Waals surface area contributed by atoms with Gasteiger partial charge in [0.2, 0.25) is 11.8 Å². The molecule has 2 N–H and O–H groups in total. The SMILES string of the molecule is CC(C)NC(=O)C1(C(=O)Nc2ccccc2Br)CC1. The van der Waals surface area contributed by atoms with E-state index in [1.807, 2.05) is 32.0 Å². The molecule has 0 radical (unpaired) electrons. The average Bonchev–Trinajstić information content (AvgIpc) is 3.12. The highest BCUT2D eigenvalue weighted by Crippen LogP contribution is 2.47. The number of para-hydroxylation sites is 1. The predicted octanol–water partition coefficient (Wildman–Crippen LogP) is 2.69. The van der Waals surface area contributed by atoms with Crippen molar-refractivity contribution >= 4 is 33.4 Å². The number of benzene rings is 1. The largest absolute Gasteiger partial charge is 0.353 e. The van der Waals surface area contributed by atoms with E-state index in [9.17, 15) is 9.59 Å². The summed E-state index contributed by atoms with van der Waals surface area (Å²) in [6, 6.07) is 7.41. The third-order valence-electron chi connectivity index (χ3n) is 3.16. The Kier molecular flexibility index (Phi) is 3.94. The zero-order valence-electron chi connectivity index (χ0n) is 11.0. The molecule has 19 heavy (non-hydrogen) atoms. The Hall–Kier alpha value is -1.36. The van der Waals surface area contributed by atoms with Gasteiger partial charge in [-0.1, -0.05) is 12.1 Å². The van der Waals surface area contributed by atoms with Crippen molar-refractivity contribution in [3.63, 3.8) is 0 Å². The molecule has 1 aliphatic rings. The zero-order chi connectivity index (χ0) is 14.0. The predicted molar refractivity (Wildman–Crippen MR) is 77.7 cm³/mol. The van der Waals surface area contributed by atoms with Crippen LogP contribution in [0.1, 0.15) is 26.7 Å². The van der Waals surface area contributed by atoms with Crippen LogP contribution in [0.5, 0.6) is 0 Å². The molecular weight excluding hydrogens is 308 g/mol. The van der Waals surface area contributed by atoms with E-state index in [-0.39, 0.29) is 17.9 Å². The first-order valence-corrected chi connectivity index (χ1v) is 7.12. The normalized spacial score (nSPS) is 16.0. The topological polar surface area (TPSA) is 58.2 Å². The lowest BCUT2D eigenvalue weighted by Crippen LogP contribution is -2.42. The van der Waals surface area contributed by atoms with Crippen molar-refractivity contribution in [1.29, 1.82) is 0 Å². The fraction of sp³-hybridized carbons (Fsp3) is 0.429. The van der Waals surface area contributed by atoms with Crippen LogP contribution in [0, 0.1) is 5.41 Å². The van der Waals surface area contributed by atoms with Crippen LogP contribution in [0.2, 0.25) is 0 Å². The van der Waals surface area contributed by atoms with Crippen LogP contribution in [0.4, 0.5) is 5.69 Å². The molecule has 1 saturated carbocycles. The number of halogens is 1. The number of rotatable bonds is 4. The molecule has 1 fully saturated rings. The standard InChI is InChI=1S/C14H17BrN2O2/c1-9(2)16-12(18)14(7-8-14)13(19)17-11-6-4-3-5-10(11)15/h3-6,9H,7-8H2,1-2H3,(H,16,18)(H,17,19). The van der Waals surface area contributed by atoms with Gasteiger partial charge in [-0.15, -0.1) is 0 Å². The summed E-state index contributed by atoms with van der Waals surface area (Å²) < 4.78 is 0.809. The molecule has 2 rings (SSSR count). The van der Waals surface area contributed by atoms with Gasteiger partial charge in [0.25, 0.3) is 0 Å². The Morgan fingerprint density at radius 2 is 1.84 bits per heavy atom. The van der Waals surface area contributed by atoms with Crippen LogP contribution in [0.25, 0.3) is 0 Å². The van der Waals surface area contributed by atoms with Gasteiger partial charge in [-0.2, -0.15) is 0 Å². The highest BCUT2D eigenvalue weighted by Gasteiger charge is 2.56. The van der Waals surface area contributed by atoms with Crippen LogP contribution in [0.3, 0.4) is 0 Å². The fourth-order valence-electron chi connectivity index (χ4n) is 1.89. The number of hydrogen-bond acceptors (Lipinski definition) is 2. The summed E-state index contributed by atoms with van der Waals surface area (Å²) in [6.45, 7) is 3.78. The number of anilines is 1. The number of nitrogens with one attached hydrogen (secondary N) is 2. The third kappa shape index (κ3) is 2.97. The number of amides is 2. The lowest BCUT2D eigenvalue weighted by Gasteiger charge is -2.17. The van der Waals surface area contributed by atoms with E-state index in [1.54, 1.807) is 6.07 Å². The first-order chi connectivity index (χ1) is 8.95. The van der Waals surface area contributed by atoms with E-state index >= 15 is 0 Å². The summed E-state index contributed by atoms with van der Waals surface area (Å²) in [6.07, 6.45) is 1.23. The molecule has 5 heteroatoms. The van der Waals surface area contributed by atoms with Gasteiger partial charge < -0.3 is 10.6 Å². The molecule has 0 saturated heterocycles. The molecule has 0 bridgehead atoms. The second-order valence-corrected chi connectivity index (χ2v) is 6.00. The molecule has 102 valence electrons. The van der Waals surface area contributed by atoms with E-state index < -0.39 is 5.41 Å². The molecular formula is C14H17BrN2O2. The Morgan fingerprint density at radius 3 is 2.37 bits per heavy atom. The van der Waals surface area contributed by atoms with Gasteiger partial charge in [0.1, 0.15) is 5.41 Å². The second kappa shape index (κ2) is 5.33. The first kappa shape index (κ1) is 14.1. The number of hydrogen-bond donors (Lipinski definition) is 2. The van der Waals surface area contributed by atoms with Gasteiger partial charge in [0.05, 0.1) is 5.69 Å². The first-order valence-electron chi connectivity index (χ1n) is 6.33. The Morgan fingerprint density at radius 1 is 1.21 bits per heavy atom. The van der Waals surface area contributed by atoms with E-state index in [2.05, 4.69) is 26.6 Å². The van der Waals surface area contributed by atoms with Gasteiger partial charge in [0, 0.05) is 10.5 Å². The molecule has 0 atom stereocenters. The smallest absolute Gasteiger partial charge is 0.240 e. The van der Waals surface area contributed by atoms with E-state index in [0.29, 0.717) is 18.5 Å². The van der Waals surface area contributed by atoms with Gasteiger partial charge in [-0.05, 0) is 54.8 Å². The van der Waals surface area contributed by atoms with Gasteiger partial charge in [0.15, 0.2) is 0 Å². The highest BCUT2D eigenvalue weighted by atomic mass is 79.9. The van der Waals surface area contributed by atoms with Crippen molar-refractivity contribution in [3.8, 4) is 0 Å². The maximum atomic E-state index is 12.3. The Balaban J connectivity index is 2.08. The van der Waals surface area contributed by atoms with Crippen molar-refractivity contribution in [1.82, 2.24) is 5.32 Å². The minimum Gasteiger partial charge on any atom is -0.353 e. The van der Waals surface area contributed by atoms with Gasteiger partial charge in [-0.3, -0.25) is 9.59 Å².